The third-order valence-electron chi connectivity index (χ3n) is 1.39. The lowest BCUT2D eigenvalue weighted by atomic mass is 10.3. The fourth-order valence-electron chi connectivity index (χ4n) is 0.831. The summed E-state index contributed by atoms with van der Waals surface area (Å²) >= 11 is 0. The summed E-state index contributed by atoms with van der Waals surface area (Å²) in [5.41, 5.74) is -1.16. The topological polar surface area (TPSA) is 60.2 Å². The molecule has 3 aromatic rings. The summed E-state index contributed by atoms with van der Waals surface area (Å²) in [6, 6.07) is 2.97. The van der Waals surface area contributed by atoms with Gasteiger partial charge in [0.05, 0.1) is 5.39 Å². The Bertz CT molecular complexity index is 424. The van der Waals surface area contributed by atoms with Crippen molar-refractivity contribution >= 4 is 10.9 Å². The van der Waals surface area contributed by atoms with Gasteiger partial charge < -0.3 is 4.42 Å². The summed E-state index contributed by atoms with van der Waals surface area (Å²) < 4.78 is 4.36. The first-order valence-corrected chi connectivity index (χ1v) is 3.00. The molecule has 0 spiro atoms. The van der Waals surface area contributed by atoms with Crippen LogP contribution >= 0.6 is 0 Å². The second-order valence-electron chi connectivity index (χ2n) is 2.11. The first kappa shape index (κ1) is 6.03. The minimum absolute atomic E-state index is 0.166. The lowest BCUT2D eigenvalue weighted by Gasteiger charge is -1.77. The van der Waals surface area contributed by atoms with Gasteiger partial charge in [-0.3, -0.25) is 0 Å². The number of aromatic nitrogens is 1. The molecule has 0 radical (unpaired) electrons. The van der Waals surface area contributed by atoms with E-state index in [0.29, 0.717) is 5.39 Å². The molecule has 3 heterocycles. The van der Waals surface area contributed by atoms with Crippen LogP contribution in [-0.4, -0.2) is 4.98 Å². The van der Waals surface area contributed by atoms with Crippen molar-refractivity contribution in [3.05, 3.63) is 39.2 Å². The smallest absolute Gasteiger partial charge is 0.364 e. The van der Waals surface area contributed by atoms with Crippen molar-refractivity contribution in [1.29, 1.82) is 0 Å². The highest BCUT2D eigenvalue weighted by atomic mass is 16.4. The zero-order chi connectivity index (χ0) is 7.84. The highest BCUT2D eigenvalue weighted by Crippen LogP contribution is 1.94. The molecule has 0 unspecified atom stereocenters. The number of pyridine rings is 1. The van der Waals surface area contributed by atoms with Crippen LogP contribution in [0.15, 0.2) is 32.3 Å². The van der Waals surface area contributed by atoms with E-state index in [2.05, 4.69) is 9.40 Å². The molecular weight excluding hydrogens is 146 g/mol. The van der Waals surface area contributed by atoms with Crippen molar-refractivity contribution in [2.45, 2.75) is 0 Å². The molecule has 4 heteroatoms. The summed E-state index contributed by atoms with van der Waals surface area (Å²) in [5.74, 6) is 0. The predicted octanol–water partition coefficient (Wildman–Crippen LogP) is -0.0140. The van der Waals surface area contributed by atoms with E-state index >= 15 is 0 Å². The van der Waals surface area contributed by atoms with Gasteiger partial charge >= 0.3 is 11.3 Å². The molecule has 0 aliphatic rings. The Morgan fingerprint density at radius 3 is 2.64 bits per heavy atom. The molecule has 0 aliphatic carbocycles. The van der Waals surface area contributed by atoms with E-state index in [9.17, 15) is 9.59 Å². The fourth-order valence-corrected chi connectivity index (χ4v) is 0.831. The van der Waals surface area contributed by atoms with E-state index in [0.717, 1.165) is 0 Å². The molecule has 0 aromatic carbocycles. The first-order valence-electron chi connectivity index (χ1n) is 3.00. The minimum atomic E-state index is -0.685. The summed E-state index contributed by atoms with van der Waals surface area (Å²) in [5, 5.41) is 0.305. The molecule has 0 saturated carbocycles. The van der Waals surface area contributed by atoms with Gasteiger partial charge in [-0.1, -0.05) is 0 Å². The number of rotatable bonds is 0. The molecule has 0 N–H and O–H groups in total. The largest absolute Gasteiger partial charge is 0.385 e. The van der Waals surface area contributed by atoms with Gasteiger partial charge in [-0.25, -0.2) is 14.6 Å². The summed E-state index contributed by atoms with van der Waals surface area (Å²) in [6.07, 6.45) is 1.32. The summed E-state index contributed by atoms with van der Waals surface area (Å²) in [7, 11) is 0. The van der Waals surface area contributed by atoms with Crippen LogP contribution < -0.4 is 11.3 Å². The van der Waals surface area contributed by atoms with Gasteiger partial charge in [-0.05, 0) is 12.1 Å². The van der Waals surface area contributed by atoms with Crippen molar-refractivity contribution in [2.24, 2.45) is 0 Å². The zero-order valence-electron chi connectivity index (χ0n) is 5.40. The molecule has 4 nitrogen and oxygen atoms in total. The molecule has 54 valence electrons. The number of hydrogen-bond donors (Lipinski definition) is 0. The van der Waals surface area contributed by atoms with Crippen molar-refractivity contribution in [3.8, 4) is 0 Å². The van der Waals surface area contributed by atoms with Crippen molar-refractivity contribution in [3.63, 3.8) is 0 Å². The normalized spacial score (nSPS) is 10.5. The molecular formula is C7H3NO3. The zero-order valence-corrected chi connectivity index (χ0v) is 5.40. The lowest BCUT2D eigenvalue weighted by molar-refractivity contribution is 0.491. The second kappa shape index (κ2) is 1.88. The van der Waals surface area contributed by atoms with Crippen LogP contribution in [0.25, 0.3) is 10.9 Å². The minimum Gasteiger partial charge on any atom is -0.385 e. The van der Waals surface area contributed by atoms with Gasteiger partial charge in [0.25, 0.3) is 0 Å². The number of fused-ring (bicyclic) bond motifs is 4. The van der Waals surface area contributed by atoms with Gasteiger partial charge in [-0.2, -0.15) is 0 Å². The van der Waals surface area contributed by atoms with Crippen LogP contribution in [0, 0.1) is 0 Å². The number of nitrogens with zero attached hydrogens (tertiary/aromatic N) is 1. The Kier molecular flexibility index (Phi) is 1.03. The van der Waals surface area contributed by atoms with Crippen molar-refractivity contribution < 1.29 is 4.42 Å². The standard InChI is InChI=1S/C7H3NO3/c9-6-4-1-2-5(8-3-4)7(10)11-6/h1-3H. The molecule has 3 rings (SSSR count). The molecule has 0 amide bonds. The highest BCUT2D eigenvalue weighted by Gasteiger charge is 1.99. The average Bonchev–Trinajstić information content (AvgIpc) is 2.22. The van der Waals surface area contributed by atoms with E-state index in [4.69, 9.17) is 0 Å². The van der Waals surface area contributed by atoms with Crippen molar-refractivity contribution in [1.82, 2.24) is 4.98 Å². The quantitative estimate of drug-likeness (QED) is 0.528. The SMILES string of the molecule is O=c1oc(=O)c2ccc1cn2. The van der Waals surface area contributed by atoms with Crippen LogP contribution in [0.4, 0.5) is 0 Å². The van der Waals surface area contributed by atoms with Crippen LogP contribution in [0.1, 0.15) is 0 Å². The molecule has 2 bridgehead atoms. The fraction of sp³-hybridized carbons (Fsp3) is 0. The summed E-state index contributed by atoms with van der Waals surface area (Å²) in [4.78, 5) is 25.4. The van der Waals surface area contributed by atoms with Gasteiger partial charge in [0.15, 0.2) is 0 Å². The van der Waals surface area contributed by atoms with E-state index in [1.54, 1.807) is 0 Å². The third kappa shape index (κ3) is 0.797. The number of hydrogen-bond acceptors (Lipinski definition) is 4. The van der Waals surface area contributed by atoms with E-state index in [1.165, 1.54) is 18.3 Å². The Balaban J connectivity index is 3.27. The monoisotopic (exact) mass is 149 g/mol. The van der Waals surface area contributed by atoms with Crippen LogP contribution in [0.5, 0.6) is 0 Å². The van der Waals surface area contributed by atoms with Crippen LogP contribution in [0.2, 0.25) is 0 Å². The van der Waals surface area contributed by atoms with Gasteiger partial charge in [-0.15, -0.1) is 0 Å². The predicted molar refractivity (Wildman–Crippen MR) is 37.7 cm³/mol. The highest BCUT2D eigenvalue weighted by molar-refractivity contribution is 5.55. The first-order chi connectivity index (χ1) is 5.27. The van der Waals surface area contributed by atoms with Crippen LogP contribution in [-0.2, 0) is 0 Å². The summed E-state index contributed by atoms with van der Waals surface area (Å²) in [6.45, 7) is 0. The maximum Gasteiger partial charge on any atom is 0.364 e. The molecule has 0 fully saturated rings. The van der Waals surface area contributed by atoms with Gasteiger partial charge in [0.2, 0.25) is 0 Å². The Labute approximate surface area is 60.5 Å². The second-order valence-corrected chi connectivity index (χ2v) is 2.11. The van der Waals surface area contributed by atoms with Gasteiger partial charge in [0.1, 0.15) is 5.52 Å². The van der Waals surface area contributed by atoms with E-state index in [-0.39, 0.29) is 5.52 Å². The van der Waals surface area contributed by atoms with Gasteiger partial charge in [0, 0.05) is 6.20 Å². The maximum absolute atomic E-state index is 10.8. The van der Waals surface area contributed by atoms with Crippen molar-refractivity contribution in [2.75, 3.05) is 0 Å². The molecule has 0 atom stereocenters. The third-order valence-corrected chi connectivity index (χ3v) is 1.39. The molecule has 3 aromatic heterocycles. The maximum atomic E-state index is 10.8. The lowest BCUT2D eigenvalue weighted by Crippen LogP contribution is -2.02. The van der Waals surface area contributed by atoms with Crippen LogP contribution in [0.3, 0.4) is 0 Å². The molecule has 11 heavy (non-hydrogen) atoms. The average molecular weight is 149 g/mol. The van der Waals surface area contributed by atoms with E-state index < -0.39 is 11.3 Å². The van der Waals surface area contributed by atoms with E-state index in [1.807, 2.05) is 0 Å². The Morgan fingerprint density at radius 1 is 1.18 bits per heavy atom. The Hall–Kier alpha value is -1.71. The molecule has 0 aliphatic heterocycles. The molecule has 0 saturated heterocycles. The Morgan fingerprint density at radius 2 is 2.00 bits per heavy atom.